The van der Waals surface area contributed by atoms with Gasteiger partial charge in [-0.05, 0) is 19.3 Å². The summed E-state index contributed by atoms with van der Waals surface area (Å²) in [6.45, 7) is 0.567. The van der Waals surface area contributed by atoms with Gasteiger partial charge in [0.2, 0.25) is 11.8 Å². The van der Waals surface area contributed by atoms with Crippen molar-refractivity contribution in [1.29, 1.82) is 0 Å². The molecule has 3 fully saturated rings. The normalized spacial score (nSPS) is 32.7. The Morgan fingerprint density at radius 2 is 1.95 bits per heavy atom. The molecular formula is C12H15N2NaO4. The molecular weight excluding hydrogens is 259 g/mol. The summed E-state index contributed by atoms with van der Waals surface area (Å²) in [5.41, 5.74) is 0. The first-order chi connectivity index (χ1) is 8.56. The maximum Gasteiger partial charge on any atom is 1.00 e. The van der Waals surface area contributed by atoms with Crippen LogP contribution in [0, 0.1) is 11.8 Å². The summed E-state index contributed by atoms with van der Waals surface area (Å²) < 4.78 is 0. The quantitative estimate of drug-likeness (QED) is 0.521. The molecule has 19 heavy (non-hydrogen) atoms. The van der Waals surface area contributed by atoms with Crippen LogP contribution in [0.5, 0.6) is 0 Å². The number of likely N-dealkylation sites (tertiary alicyclic amines) is 1. The number of carboxylic acid groups (broad SMARTS) is 1. The van der Waals surface area contributed by atoms with Crippen LogP contribution < -0.4 is 40.0 Å². The molecule has 1 heterocycles. The van der Waals surface area contributed by atoms with Crippen LogP contribution in [0.3, 0.4) is 0 Å². The van der Waals surface area contributed by atoms with Gasteiger partial charge in [0, 0.05) is 36.8 Å². The van der Waals surface area contributed by atoms with E-state index in [9.17, 15) is 19.5 Å². The fourth-order valence-electron chi connectivity index (χ4n) is 2.62. The third-order valence-corrected chi connectivity index (χ3v) is 3.92. The molecule has 2 aliphatic carbocycles. The van der Waals surface area contributed by atoms with E-state index in [1.54, 1.807) is 0 Å². The number of aliphatic carboxylic acids is 1. The number of hydrogen-bond donors (Lipinski definition) is 1. The molecule has 0 radical (unpaired) electrons. The third kappa shape index (κ3) is 3.12. The Morgan fingerprint density at radius 3 is 2.47 bits per heavy atom. The van der Waals surface area contributed by atoms with Crippen LogP contribution in [-0.2, 0) is 14.4 Å². The molecule has 3 rings (SSSR count). The van der Waals surface area contributed by atoms with E-state index in [1.165, 1.54) is 0 Å². The number of carbonyl (C=O) groups is 3. The van der Waals surface area contributed by atoms with Gasteiger partial charge in [0.15, 0.2) is 0 Å². The van der Waals surface area contributed by atoms with Crippen molar-refractivity contribution in [2.24, 2.45) is 11.8 Å². The van der Waals surface area contributed by atoms with Gasteiger partial charge in [-0.1, -0.05) is 0 Å². The Kier molecular flexibility index (Phi) is 4.23. The molecule has 98 valence electrons. The fraction of sp³-hybridized carbons (Fsp3) is 0.750. The van der Waals surface area contributed by atoms with Gasteiger partial charge in [-0.25, -0.2) is 0 Å². The monoisotopic (exact) mass is 274 g/mol. The summed E-state index contributed by atoms with van der Waals surface area (Å²) >= 11 is 0. The van der Waals surface area contributed by atoms with Gasteiger partial charge in [-0.15, -0.1) is 0 Å². The number of hydrogen-bond acceptors (Lipinski definition) is 4. The van der Waals surface area contributed by atoms with Crippen molar-refractivity contribution in [3.8, 4) is 0 Å². The Balaban J connectivity index is 0.00000133. The molecule has 1 aliphatic heterocycles. The minimum atomic E-state index is -1.16. The van der Waals surface area contributed by atoms with E-state index >= 15 is 0 Å². The summed E-state index contributed by atoms with van der Waals surface area (Å²) in [5.74, 6) is -2.41. The summed E-state index contributed by atoms with van der Waals surface area (Å²) in [5, 5.41) is 13.3. The van der Waals surface area contributed by atoms with Gasteiger partial charge in [-0.3, -0.25) is 9.59 Å². The standard InChI is InChI=1S/C12H16N2O4.Na/c15-10-3-6(5-14(10)7-1-2-7)13-11(16)8-4-9(8)12(17)18;/h6-9H,1-5H2,(H,13,16)(H,17,18);/q;+1/p-1/t6?,8-,9+;/m0./s1. The van der Waals surface area contributed by atoms with Crippen molar-refractivity contribution in [3.05, 3.63) is 0 Å². The first kappa shape index (κ1) is 14.8. The second kappa shape index (κ2) is 5.42. The average Bonchev–Trinajstić information content (AvgIpc) is 3.18. The molecule has 3 aliphatic rings. The van der Waals surface area contributed by atoms with E-state index in [1.807, 2.05) is 4.90 Å². The van der Waals surface area contributed by atoms with E-state index in [2.05, 4.69) is 5.32 Å². The van der Waals surface area contributed by atoms with E-state index in [-0.39, 0.29) is 47.4 Å². The Hall–Kier alpha value is -0.590. The molecule has 0 aromatic carbocycles. The number of nitrogens with one attached hydrogen (secondary N) is 1. The number of nitrogens with zero attached hydrogens (tertiary/aromatic N) is 1. The fourth-order valence-corrected chi connectivity index (χ4v) is 2.62. The first-order valence-corrected chi connectivity index (χ1v) is 6.37. The maximum absolute atomic E-state index is 11.7. The van der Waals surface area contributed by atoms with Gasteiger partial charge in [0.25, 0.3) is 0 Å². The SMILES string of the molecule is O=C(NC1CC(=O)N(C2CC2)C1)[C@H]1C[C@H]1C(=O)[O-].[Na+]. The minimum Gasteiger partial charge on any atom is -0.550 e. The summed E-state index contributed by atoms with van der Waals surface area (Å²) in [6.07, 6.45) is 2.82. The van der Waals surface area contributed by atoms with Crippen LogP contribution in [0.2, 0.25) is 0 Å². The number of carbonyl (C=O) groups excluding carboxylic acids is 3. The Bertz CT molecular complexity index is 424. The van der Waals surface area contributed by atoms with Gasteiger partial charge < -0.3 is 20.1 Å². The molecule has 0 aromatic rings. The zero-order valence-electron chi connectivity index (χ0n) is 10.9. The molecule has 1 saturated heterocycles. The number of carboxylic acids is 1. The topological polar surface area (TPSA) is 89.5 Å². The van der Waals surface area contributed by atoms with Crippen molar-refractivity contribution in [2.45, 2.75) is 37.8 Å². The second-order valence-corrected chi connectivity index (χ2v) is 5.45. The zero-order chi connectivity index (χ0) is 12.9. The Labute approximate surface area is 133 Å². The van der Waals surface area contributed by atoms with Crippen molar-refractivity contribution in [1.82, 2.24) is 10.2 Å². The largest absolute Gasteiger partial charge is 1.00 e. The van der Waals surface area contributed by atoms with Gasteiger partial charge in [0.1, 0.15) is 0 Å². The van der Waals surface area contributed by atoms with Crippen LogP contribution in [0.25, 0.3) is 0 Å². The molecule has 1 unspecified atom stereocenters. The average molecular weight is 274 g/mol. The zero-order valence-corrected chi connectivity index (χ0v) is 12.9. The van der Waals surface area contributed by atoms with Crippen LogP contribution in [0.1, 0.15) is 25.7 Å². The van der Waals surface area contributed by atoms with Crippen LogP contribution >= 0.6 is 0 Å². The number of amides is 2. The molecule has 2 amide bonds. The first-order valence-electron chi connectivity index (χ1n) is 6.37. The van der Waals surface area contributed by atoms with Crippen molar-refractivity contribution in [2.75, 3.05) is 6.54 Å². The molecule has 7 heteroatoms. The van der Waals surface area contributed by atoms with E-state index in [0.29, 0.717) is 25.4 Å². The van der Waals surface area contributed by atoms with E-state index < -0.39 is 17.8 Å². The van der Waals surface area contributed by atoms with Gasteiger partial charge in [-0.2, -0.15) is 0 Å². The molecule has 2 saturated carbocycles. The van der Waals surface area contributed by atoms with Crippen molar-refractivity contribution >= 4 is 17.8 Å². The molecule has 3 atom stereocenters. The molecule has 6 nitrogen and oxygen atoms in total. The Morgan fingerprint density at radius 1 is 1.26 bits per heavy atom. The van der Waals surface area contributed by atoms with E-state index in [4.69, 9.17) is 0 Å². The van der Waals surface area contributed by atoms with Crippen molar-refractivity contribution in [3.63, 3.8) is 0 Å². The number of rotatable bonds is 4. The van der Waals surface area contributed by atoms with Crippen molar-refractivity contribution < 1.29 is 49.0 Å². The molecule has 0 bridgehead atoms. The summed E-state index contributed by atoms with van der Waals surface area (Å²) in [4.78, 5) is 35.8. The summed E-state index contributed by atoms with van der Waals surface area (Å²) in [7, 11) is 0. The van der Waals surface area contributed by atoms with Crippen LogP contribution in [0.15, 0.2) is 0 Å². The van der Waals surface area contributed by atoms with E-state index in [0.717, 1.165) is 12.8 Å². The van der Waals surface area contributed by atoms with Crippen LogP contribution in [-0.4, -0.2) is 41.3 Å². The predicted octanol–water partition coefficient (Wildman–Crippen LogP) is -4.74. The van der Waals surface area contributed by atoms with Gasteiger partial charge in [0.05, 0.1) is 6.04 Å². The van der Waals surface area contributed by atoms with Gasteiger partial charge >= 0.3 is 29.6 Å². The second-order valence-electron chi connectivity index (χ2n) is 5.45. The maximum atomic E-state index is 11.7. The molecule has 0 spiro atoms. The third-order valence-electron chi connectivity index (χ3n) is 3.92. The smallest absolute Gasteiger partial charge is 0.550 e. The molecule has 0 aromatic heterocycles. The summed E-state index contributed by atoms with van der Waals surface area (Å²) in [6, 6.07) is 0.213. The minimum absolute atomic E-state index is 0. The van der Waals surface area contributed by atoms with Crippen LogP contribution in [0.4, 0.5) is 0 Å². The predicted molar refractivity (Wildman–Crippen MR) is 57.9 cm³/mol. The molecule has 1 N–H and O–H groups in total.